The Bertz CT molecular complexity index is 891. The smallest absolute Gasteiger partial charge is 0.169 e. The largest absolute Gasteiger partial charge is 0.389 e. The lowest BCUT2D eigenvalue weighted by molar-refractivity contribution is 0.0562. The zero-order chi connectivity index (χ0) is 20.6. The standard InChI is InChI=1S/C22H31N5O/c1-13-10-15(21(26-24)27(25)12-22(3,4)28)11-14(2)20(13)18-7-5-6-17-16(18)8-9-19(17)23/h5-7,10-11,19,28H,8-9,12,23-25H2,1-4H3/b26-21-/t19-/m1/s1. The maximum Gasteiger partial charge on any atom is 0.169 e. The van der Waals surface area contributed by atoms with E-state index < -0.39 is 5.60 Å². The fraction of sp³-hybridized carbons (Fsp3) is 0.409. The summed E-state index contributed by atoms with van der Waals surface area (Å²) in [5.74, 6) is 12.2. The fourth-order valence-corrected chi connectivity index (χ4v) is 4.24. The number of hydrazone groups is 1. The number of nitrogens with two attached hydrogens (primary N) is 3. The Hall–Kier alpha value is -2.41. The molecule has 0 bridgehead atoms. The van der Waals surface area contributed by atoms with Crippen molar-refractivity contribution in [2.24, 2.45) is 22.5 Å². The van der Waals surface area contributed by atoms with Crippen LogP contribution in [0.25, 0.3) is 11.1 Å². The first-order valence-corrected chi connectivity index (χ1v) is 9.64. The summed E-state index contributed by atoms with van der Waals surface area (Å²) >= 11 is 0. The average Bonchev–Trinajstić information content (AvgIpc) is 2.95. The SMILES string of the molecule is Cc1cc(/C(=N/N)N(N)CC(C)(C)O)cc(C)c1-c1cccc2c1CC[C@H]2N. The van der Waals surface area contributed by atoms with Gasteiger partial charge in [0.05, 0.1) is 12.1 Å². The molecule has 0 aliphatic heterocycles. The second-order valence-electron chi connectivity index (χ2n) is 8.40. The zero-order valence-electron chi connectivity index (χ0n) is 17.2. The number of hydrogen-bond acceptors (Lipinski definition) is 5. The highest BCUT2D eigenvalue weighted by Gasteiger charge is 2.24. The number of amidine groups is 1. The van der Waals surface area contributed by atoms with Crippen molar-refractivity contribution >= 4 is 5.84 Å². The van der Waals surface area contributed by atoms with Crippen molar-refractivity contribution in [1.82, 2.24) is 5.01 Å². The van der Waals surface area contributed by atoms with Gasteiger partial charge in [-0.15, -0.1) is 0 Å². The Kier molecular flexibility index (Phi) is 5.48. The first-order chi connectivity index (χ1) is 13.1. The maximum atomic E-state index is 10.1. The molecule has 1 aliphatic carbocycles. The van der Waals surface area contributed by atoms with Gasteiger partial charge in [-0.3, -0.25) is 5.01 Å². The van der Waals surface area contributed by atoms with Crippen molar-refractivity contribution < 1.29 is 5.11 Å². The normalized spacial score (nSPS) is 17.0. The summed E-state index contributed by atoms with van der Waals surface area (Å²) in [4.78, 5) is 0. The van der Waals surface area contributed by atoms with Crippen LogP contribution in [-0.4, -0.2) is 28.1 Å². The lowest BCUT2D eigenvalue weighted by atomic mass is 9.89. The van der Waals surface area contributed by atoms with Gasteiger partial charge < -0.3 is 16.7 Å². The summed E-state index contributed by atoms with van der Waals surface area (Å²) < 4.78 is 0. The fourth-order valence-electron chi connectivity index (χ4n) is 4.24. The van der Waals surface area contributed by atoms with E-state index in [-0.39, 0.29) is 12.6 Å². The monoisotopic (exact) mass is 381 g/mol. The van der Waals surface area contributed by atoms with E-state index in [4.69, 9.17) is 17.4 Å². The van der Waals surface area contributed by atoms with Crippen LogP contribution >= 0.6 is 0 Å². The molecular formula is C22H31N5O. The van der Waals surface area contributed by atoms with E-state index >= 15 is 0 Å². The van der Waals surface area contributed by atoms with E-state index in [0.29, 0.717) is 5.84 Å². The number of aliphatic hydroxyl groups is 1. The molecule has 2 aromatic carbocycles. The number of aryl methyl sites for hydroxylation is 2. The van der Waals surface area contributed by atoms with E-state index in [9.17, 15) is 5.11 Å². The summed E-state index contributed by atoms with van der Waals surface area (Å²) in [6, 6.07) is 10.6. The Balaban J connectivity index is 2.03. The number of fused-ring (bicyclic) bond motifs is 1. The first-order valence-electron chi connectivity index (χ1n) is 9.64. The number of nitrogens with zero attached hydrogens (tertiary/aromatic N) is 2. The van der Waals surface area contributed by atoms with Gasteiger partial charge in [-0.25, -0.2) is 5.84 Å². The molecule has 0 spiro atoms. The van der Waals surface area contributed by atoms with Crippen molar-refractivity contribution in [2.75, 3.05) is 6.54 Å². The van der Waals surface area contributed by atoms with E-state index in [1.807, 2.05) is 12.1 Å². The van der Waals surface area contributed by atoms with Gasteiger partial charge in [0.2, 0.25) is 0 Å². The lowest BCUT2D eigenvalue weighted by Crippen LogP contribution is -2.47. The summed E-state index contributed by atoms with van der Waals surface area (Å²) in [6.07, 6.45) is 2.00. The molecular weight excluding hydrogens is 350 g/mol. The van der Waals surface area contributed by atoms with Crippen LogP contribution in [0.15, 0.2) is 35.4 Å². The second kappa shape index (κ2) is 7.54. The molecule has 150 valence electrons. The van der Waals surface area contributed by atoms with Gasteiger partial charge >= 0.3 is 0 Å². The molecule has 0 unspecified atom stereocenters. The predicted molar refractivity (Wildman–Crippen MR) is 115 cm³/mol. The van der Waals surface area contributed by atoms with Gasteiger partial charge in [0.15, 0.2) is 5.84 Å². The van der Waals surface area contributed by atoms with Crippen LogP contribution in [0.3, 0.4) is 0 Å². The van der Waals surface area contributed by atoms with Crippen LogP contribution in [0.5, 0.6) is 0 Å². The van der Waals surface area contributed by atoms with Crippen LogP contribution in [0.2, 0.25) is 0 Å². The molecule has 0 saturated carbocycles. The minimum atomic E-state index is -0.960. The van der Waals surface area contributed by atoms with Gasteiger partial charge in [0.1, 0.15) is 0 Å². The quantitative estimate of drug-likeness (QED) is 0.281. The number of hydrogen-bond donors (Lipinski definition) is 4. The minimum absolute atomic E-state index is 0.124. The van der Waals surface area contributed by atoms with Crippen LogP contribution < -0.4 is 17.4 Å². The van der Waals surface area contributed by atoms with Crippen molar-refractivity contribution in [3.8, 4) is 11.1 Å². The van der Waals surface area contributed by atoms with Gasteiger partial charge in [0.25, 0.3) is 0 Å². The van der Waals surface area contributed by atoms with Crippen LogP contribution in [0, 0.1) is 13.8 Å². The summed E-state index contributed by atoms with van der Waals surface area (Å²) in [5.41, 5.74) is 13.5. The number of hydrazine groups is 1. The van der Waals surface area contributed by atoms with Gasteiger partial charge in [-0.1, -0.05) is 18.2 Å². The van der Waals surface area contributed by atoms with Crippen LogP contribution in [-0.2, 0) is 6.42 Å². The number of rotatable bonds is 4. The molecule has 1 atom stereocenters. The van der Waals surface area contributed by atoms with Crippen molar-refractivity contribution in [2.45, 2.75) is 52.2 Å². The molecule has 0 saturated heterocycles. The maximum absolute atomic E-state index is 10.1. The van der Waals surface area contributed by atoms with Gasteiger partial charge in [-0.2, -0.15) is 5.10 Å². The van der Waals surface area contributed by atoms with Crippen molar-refractivity contribution in [3.05, 3.63) is 58.1 Å². The van der Waals surface area contributed by atoms with Gasteiger partial charge in [-0.05, 0) is 86.1 Å². The molecule has 0 aromatic heterocycles. The molecule has 7 N–H and O–H groups in total. The van der Waals surface area contributed by atoms with Crippen LogP contribution in [0.1, 0.15) is 54.1 Å². The Morgan fingerprint density at radius 2 is 1.89 bits per heavy atom. The zero-order valence-corrected chi connectivity index (χ0v) is 17.2. The molecule has 0 fully saturated rings. The third kappa shape index (κ3) is 3.90. The van der Waals surface area contributed by atoms with Crippen molar-refractivity contribution in [1.29, 1.82) is 0 Å². The van der Waals surface area contributed by atoms with E-state index in [1.54, 1.807) is 13.8 Å². The second-order valence-corrected chi connectivity index (χ2v) is 8.40. The van der Waals surface area contributed by atoms with Crippen molar-refractivity contribution in [3.63, 3.8) is 0 Å². The summed E-state index contributed by atoms with van der Waals surface area (Å²) in [6.45, 7) is 7.78. The highest BCUT2D eigenvalue weighted by molar-refractivity contribution is 5.99. The van der Waals surface area contributed by atoms with Crippen LogP contribution in [0.4, 0.5) is 0 Å². The topological polar surface area (TPSA) is 114 Å². The minimum Gasteiger partial charge on any atom is -0.389 e. The molecule has 1 aliphatic rings. The molecule has 2 aromatic rings. The molecule has 6 nitrogen and oxygen atoms in total. The first kappa shape index (κ1) is 20.3. The molecule has 0 heterocycles. The lowest BCUT2D eigenvalue weighted by Gasteiger charge is -2.27. The Labute approximate surface area is 167 Å². The van der Waals surface area contributed by atoms with E-state index in [1.165, 1.54) is 27.3 Å². The molecule has 28 heavy (non-hydrogen) atoms. The summed E-state index contributed by atoms with van der Waals surface area (Å²) in [5, 5.41) is 15.3. The third-order valence-corrected chi connectivity index (χ3v) is 5.33. The van der Waals surface area contributed by atoms with E-state index in [0.717, 1.165) is 29.5 Å². The highest BCUT2D eigenvalue weighted by Crippen LogP contribution is 2.39. The molecule has 6 heteroatoms. The highest BCUT2D eigenvalue weighted by atomic mass is 16.3. The summed E-state index contributed by atoms with van der Waals surface area (Å²) in [7, 11) is 0. The molecule has 3 rings (SSSR count). The Morgan fingerprint density at radius 1 is 1.25 bits per heavy atom. The van der Waals surface area contributed by atoms with Gasteiger partial charge in [0, 0.05) is 11.6 Å². The number of benzene rings is 2. The molecule has 0 amide bonds. The predicted octanol–water partition coefficient (Wildman–Crippen LogP) is 2.48. The Morgan fingerprint density at radius 3 is 2.46 bits per heavy atom. The average molecular weight is 382 g/mol. The molecule has 0 radical (unpaired) electrons. The third-order valence-electron chi connectivity index (χ3n) is 5.33. The van der Waals surface area contributed by atoms with E-state index in [2.05, 4.69) is 37.1 Å².